The van der Waals surface area contributed by atoms with Crippen molar-refractivity contribution >= 4 is 17.3 Å². The zero-order valence-electron chi connectivity index (χ0n) is 10.8. The summed E-state index contributed by atoms with van der Waals surface area (Å²) in [7, 11) is 0. The van der Waals surface area contributed by atoms with Gasteiger partial charge in [-0.2, -0.15) is 0 Å². The van der Waals surface area contributed by atoms with E-state index in [0.717, 1.165) is 22.8 Å². The smallest absolute Gasteiger partial charge is 0.311 e. The molecule has 2 aromatic heterocycles. The number of aryl methyl sites for hydroxylation is 1. The van der Waals surface area contributed by atoms with E-state index in [1.807, 2.05) is 30.5 Å². The molecule has 5 heteroatoms. The fourth-order valence-electron chi connectivity index (χ4n) is 1.61. The maximum absolute atomic E-state index is 11.6. The van der Waals surface area contributed by atoms with Gasteiger partial charge >= 0.3 is 5.97 Å². The molecule has 0 aliphatic heterocycles. The molecule has 0 amide bonds. The molecule has 2 aromatic rings. The average molecular weight is 276 g/mol. The molecule has 0 unspecified atom stereocenters. The van der Waals surface area contributed by atoms with E-state index in [2.05, 4.69) is 9.97 Å². The molecule has 0 saturated heterocycles. The first-order valence-corrected chi connectivity index (χ1v) is 7.14. The van der Waals surface area contributed by atoms with E-state index in [9.17, 15) is 4.79 Å². The van der Waals surface area contributed by atoms with Gasteiger partial charge in [-0.05, 0) is 18.6 Å². The van der Waals surface area contributed by atoms with Gasteiger partial charge in [-0.1, -0.05) is 13.0 Å². The van der Waals surface area contributed by atoms with E-state index in [1.54, 1.807) is 17.5 Å². The number of ether oxygens (including phenoxy) is 1. The third-order valence-corrected chi connectivity index (χ3v) is 3.62. The van der Waals surface area contributed by atoms with E-state index in [1.165, 1.54) is 0 Å². The molecule has 0 atom stereocenters. The largest absolute Gasteiger partial charge is 0.465 e. The summed E-state index contributed by atoms with van der Waals surface area (Å²) in [6.07, 6.45) is 3.53. The lowest BCUT2D eigenvalue weighted by Crippen LogP contribution is -2.11. The quantitative estimate of drug-likeness (QED) is 0.760. The van der Waals surface area contributed by atoms with E-state index < -0.39 is 0 Å². The second-order valence-electron chi connectivity index (χ2n) is 4.05. The number of thiazole rings is 1. The standard InChI is InChI=1S/C14H16N2O2S/c1-2-13-16-12(10-19-13)9-14(17)18-8-6-11-5-3-4-7-15-11/h3-5,7,10H,2,6,8-9H2,1H3. The fourth-order valence-corrected chi connectivity index (χ4v) is 2.35. The maximum Gasteiger partial charge on any atom is 0.311 e. The minimum Gasteiger partial charge on any atom is -0.465 e. The fraction of sp³-hybridized carbons (Fsp3) is 0.357. The van der Waals surface area contributed by atoms with Crippen LogP contribution in [0.5, 0.6) is 0 Å². The van der Waals surface area contributed by atoms with Crippen molar-refractivity contribution in [1.29, 1.82) is 0 Å². The predicted molar refractivity (Wildman–Crippen MR) is 74.1 cm³/mol. The van der Waals surface area contributed by atoms with Crippen molar-refractivity contribution in [3.8, 4) is 0 Å². The molecule has 0 saturated carbocycles. The van der Waals surface area contributed by atoms with E-state index in [4.69, 9.17) is 4.74 Å². The maximum atomic E-state index is 11.6. The first-order valence-electron chi connectivity index (χ1n) is 6.26. The number of carbonyl (C=O) groups excluding carboxylic acids is 1. The lowest BCUT2D eigenvalue weighted by molar-refractivity contribution is -0.142. The van der Waals surface area contributed by atoms with Gasteiger partial charge in [-0.3, -0.25) is 9.78 Å². The van der Waals surface area contributed by atoms with Crippen LogP contribution in [0.15, 0.2) is 29.8 Å². The molecule has 0 N–H and O–H groups in total. The highest BCUT2D eigenvalue weighted by atomic mass is 32.1. The molecule has 2 rings (SSSR count). The predicted octanol–water partition coefficient (Wildman–Crippen LogP) is 2.43. The SMILES string of the molecule is CCc1nc(CC(=O)OCCc2ccccn2)cs1. The number of esters is 1. The summed E-state index contributed by atoms with van der Waals surface area (Å²) in [5.41, 5.74) is 1.72. The highest BCUT2D eigenvalue weighted by Crippen LogP contribution is 2.11. The van der Waals surface area contributed by atoms with Crippen molar-refractivity contribution in [2.45, 2.75) is 26.2 Å². The summed E-state index contributed by atoms with van der Waals surface area (Å²) in [5.74, 6) is -0.233. The number of hydrogen-bond donors (Lipinski definition) is 0. The van der Waals surface area contributed by atoms with Crippen molar-refractivity contribution in [3.05, 3.63) is 46.2 Å². The molecule has 19 heavy (non-hydrogen) atoms. The summed E-state index contributed by atoms with van der Waals surface area (Å²) < 4.78 is 5.18. The molecule has 0 spiro atoms. The Balaban J connectivity index is 1.73. The van der Waals surface area contributed by atoms with Crippen molar-refractivity contribution in [2.24, 2.45) is 0 Å². The van der Waals surface area contributed by atoms with Crippen LogP contribution in [0, 0.1) is 0 Å². The normalized spacial score (nSPS) is 10.4. The number of rotatable bonds is 6. The minimum atomic E-state index is -0.233. The minimum absolute atomic E-state index is 0.233. The van der Waals surface area contributed by atoms with Crippen LogP contribution in [0.2, 0.25) is 0 Å². The van der Waals surface area contributed by atoms with E-state index in [0.29, 0.717) is 13.0 Å². The molecule has 0 radical (unpaired) electrons. The van der Waals surface area contributed by atoms with Gasteiger partial charge in [0.25, 0.3) is 0 Å². The molecule has 2 heterocycles. The molecular weight excluding hydrogens is 260 g/mol. The third-order valence-electron chi connectivity index (χ3n) is 2.57. The molecule has 0 fully saturated rings. The first-order chi connectivity index (χ1) is 9.28. The Hall–Kier alpha value is -1.75. The van der Waals surface area contributed by atoms with Crippen molar-refractivity contribution in [1.82, 2.24) is 9.97 Å². The lowest BCUT2D eigenvalue weighted by atomic mass is 10.3. The van der Waals surface area contributed by atoms with Gasteiger partial charge in [0.15, 0.2) is 0 Å². The average Bonchev–Trinajstić information content (AvgIpc) is 2.87. The van der Waals surface area contributed by atoms with Gasteiger partial charge in [-0.15, -0.1) is 11.3 Å². The monoisotopic (exact) mass is 276 g/mol. The topological polar surface area (TPSA) is 52.1 Å². The zero-order valence-corrected chi connectivity index (χ0v) is 11.7. The van der Waals surface area contributed by atoms with Gasteiger partial charge in [0.1, 0.15) is 0 Å². The second-order valence-corrected chi connectivity index (χ2v) is 5.00. The van der Waals surface area contributed by atoms with Gasteiger partial charge in [0, 0.05) is 23.7 Å². The summed E-state index contributed by atoms with van der Waals surface area (Å²) in [6.45, 7) is 2.41. The van der Waals surface area contributed by atoms with Gasteiger partial charge in [0.05, 0.1) is 23.7 Å². The first kappa shape index (κ1) is 13.7. The Morgan fingerprint density at radius 1 is 1.37 bits per heavy atom. The second kappa shape index (κ2) is 6.99. The Morgan fingerprint density at radius 2 is 2.26 bits per heavy atom. The molecule has 0 aliphatic carbocycles. The number of hydrogen-bond acceptors (Lipinski definition) is 5. The molecule has 0 aromatic carbocycles. The van der Waals surface area contributed by atoms with E-state index >= 15 is 0 Å². The lowest BCUT2D eigenvalue weighted by Gasteiger charge is -2.03. The molecular formula is C14H16N2O2S. The van der Waals surface area contributed by atoms with Gasteiger partial charge < -0.3 is 4.74 Å². The van der Waals surface area contributed by atoms with Crippen LogP contribution in [0.1, 0.15) is 23.3 Å². The van der Waals surface area contributed by atoms with Crippen LogP contribution >= 0.6 is 11.3 Å². The Bertz CT molecular complexity index is 525. The number of nitrogens with zero attached hydrogens (tertiary/aromatic N) is 2. The van der Waals surface area contributed by atoms with Crippen LogP contribution in [0.3, 0.4) is 0 Å². The molecule has 0 aliphatic rings. The third kappa shape index (κ3) is 4.44. The molecule has 4 nitrogen and oxygen atoms in total. The van der Waals surface area contributed by atoms with Gasteiger partial charge in [0.2, 0.25) is 0 Å². The Labute approximate surface area is 116 Å². The Morgan fingerprint density at radius 3 is 2.95 bits per heavy atom. The van der Waals surface area contributed by atoms with Crippen molar-refractivity contribution in [3.63, 3.8) is 0 Å². The molecule has 0 bridgehead atoms. The number of pyridine rings is 1. The summed E-state index contributed by atoms with van der Waals surface area (Å²) in [6, 6.07) is 5.70. The summed E-state index contributed by atoms with van der Waals surface area (Å²) >= 11 is 1.58. The number of aromatic nitrogens is 2. The van der Waals surface area contributed by atoms with Crippen molar-refractivity contribution < 1.29 is 9.53 Å². The van der Waals surface area contributed by atoms with Crippen LogP contribution in [-0.2, 0) is 28.8 Å². The highest BCUT2D eigenvalue weighted by molar-refractivity contribution is 7.09. The van der Waals surface area contributed by atoms with Gasteiger partial charge in [-0.25, -0.2) is 4.98 Å². The zero-order chi connectivity index (χ0) is 13.5. The van der Waals surface area contributed by atoms with Crippen LogP contribution < -0.4 is 0 Å². The molecule has 100 valence electrons. The van der Waals surface area contributed by atoms with Crippen LogP contribution in [0.25, 0.3) is 0 Å². The Kier molecular flexibility index (Phi) is 5.03. The van der Waals surface area contributed by atoms with Crippen LogP contribution in [0.4, 0.5) is 0 Å². The summed E-state index contributed by atoms with van der Waals surface area (Å²) in [4.78, 5) is 20.1. The summed E-state index contributed by atoms with van der Waals surface area (Å²) in [5, 5.41) is 2.97. The van der Waals surface area contributed by atoms with Crippen molar-refractivity contribution in [2.75, 3.05) is 6.61 Å². The highest BCUT2D eigenvalue weighted by Gasteiger charge is 2.08. The van der Waals surface area contributed by atoms with E-state index in [-0.39, 0.29) is 12.4 Å². The number of carbonyl (C=O) groups is 1. The van der Waals surface area contributed by atoms with Crippen LogP contribution in [-0.4, -0.2) is 22.5 Å².